The van der Waals surface area contributed by atoms with Crippen LogP contribution in [0.5, 0.6) is 0 Å². The number of hydrogen-bond donors (Lipinski definition) is 1. The number of hydrogen-bond acceptors (Lipinski definition) is 3. The van der Waals surface area contributed by atoms with Crippen LogP contribution < -0.4 is 5.32 Å². The lowest BCUT2D eigenvalue weighted by atomic mass is 10.0. The second kappa shape index (κ2) is 5.30. The van der Waals surface area contributed by atoms with Crippen LogP contribution >= 0.6 is 0 Å². The lowest BCUT2D eigenvalue weighted by Crippen LogP contribution is -2.33. The maximum absolute atomic E-state index is 5.67. The molecule has 2 unspecified atom stereocenters. The van der Waals surface area contributed by atoms with Crippen LogP contribution in [0, 0.1) is 6.92 Å². The van der Waals surface area contributed by atoms with Crippen molar-refractivity contribution in [3.05, 3.63) is 24.0 Å². The third-order valence-corrected chi connectivity index (χ3v) is 3.19. The van der Waals surface area contributed by atoms with Crippen molar-refractivity contribution >= 4 is 5.69 Å². The number of aromatic nitrogens is 1. The SMILES string of the molecule is CCC1CC(Nc2cccnc2C)CCO1. The molecule has 1 fully saturated rings. The van der Waals surface area contributed by atoms with E-state index >= 15 is 0 Å². The summed E-state index contributed by atoms with van der Waals surface area (Å²) in [7, 11) is 0. The zero-order valence-corrected chi connectivity index (χ0v) is 10.1. The Hall–Kier alpha value is -1.09. The molecule has 0 aromatic carbocycles. The van der Waals surface area contributed by atoms with Gasteiger partial charge in [-0.25, -0.2) is 0 Å². The fraction of sp³-hybridized carbons (Fsp3) is 0.615. The quantitative estimate of drug-likeness (QED) is 0.850. The molecule has 3 heteroatoms. The third kappa shape index (κ3) is 2.73. The fourth-order valence-corrected chi connectivity index (χ4v) is 2.15. The van der Waals surface area contributed by atoms with Gasteiger partial charge in [-0.3, -0.25) is 4.98 Å². The first-order valence-corrected chi connectivity index (χ1v) is 6.09. The van der Waals surface area contributed by atoms with E-state index in [1.807, 2.05) is 19.2 Å². The largest absolute Gasteiger partial charge is 0.381 e. The van der Waals surface area contributed by atoms with Crippen LogP contribution in [0.1, 0.15) is 31.9 Å². The van der Waals surface area contributed by atoms with Crippen LogP contribution in [-0.2, 0) is 4.74 Å². The molecule has 0 aliphatic carbocycles. The van der Waals surface area contributed by atoms with E-state index < -0.39 is 0 Å². The average molecular weight is 220 g/mol. The molecule has 0 spiro atoms. The van der Waals surface area contributed by atoms with E-state index in [4.69, 9.17) is 4.74 Å². The number of aryl methyl sites for hydroxylation is 1. The lowest BCUT2D eigenvalue weighted by Gasteiger charge is -2.30. The lowest BCUT2D eigenvalue weighted by molar-refractivity contribution is 0.00924. The Morgan fingerprint density at radius 2 is 2.44 bits per heavy atom. The van der Waals surface area contributed by atoms with E-state index in [2.05, 4.69) is 23.3 Å². The second-order valence-electron chi connectivity index (χ2n) is 4.40. The van der Waals surface area contributed by atoms with Gasteiger partial charge in [-0.1, -0.05) is 6.92 Å². The molecule has 1 saturated heterocycles. The zero-order valence-electron chi connectivity index (χ0n) is 10.1. The molecule has 1 N–H and O–H groups in total. The summed E-state index contributed by atoms with van der Waals surface area (Å²) in [5, 5.41) is 3.57. The van der Waals surface area contributed by atoms with Crippen molar-refractivity contribution in [3.63, 3.8) is 0 Å². The van der Waals surface area contributed by atoms with Gasteiger partial charge in [-0.15, -0.1) is 0 Å². The Kier molecular flexibility index (Phi) is 3.78. The third-order valence-electron chi connectivity index (χ3n) is 3.19. The minimum absolute atomic E-state index is 0.420. The highest BCUT2D eigenvalue weighted by Gasteiger charge is 2.21. The molecule has 0 bridgehead atoms. The molecule has 2 heterocycles. The van der Waals surface area contributed by atoms with E-state index in [1.54, 1.807) is 0 Å². The average Bonchev–Trinajstić information content (AvgIpc) is 2.32. The van der Waals surface area contributed by atoms with Gasteiger partial charge in [0.15, 0.2) is 0 Å². The molecule has 1 aliphatic rings. The number of nitrogens with zero attached hydrogens (tertiary/aromatic N) is 1. The van der Waals surface area contributed by atoms with Crippen LogP contribution in [0.3, 0.4) is 0 Å². The normalized spacial score (nSPS) is 25.4. The summed E-state index contributed by atoms with van der Waals surface area (Å²) in [6.07, 6.45) is 5.54. The summed E-state index contributed by atoms with van der Waals surface area (Å²) < 4.78 is 5.67. The van der Waals surface area contributed by atoms with Crippen molar-refractivity contribution < 1.29 is 4.74 Å². The molecule has 1 aromatic heterocycles. The van der Waals surface area contributed by atoms with Gasteiger partial charge in [-0.2, -0.15) is 0 Å². The topological polar surface area (TPSA) is 34.2 Å². The van der Waals surface area contributed by atoms with Crippen LogP contribution in [0.15, 0.2) is 18.3 Å². The van der Waals surface area contributed by atoms with E-state index in [-0.39, 0.29) is 0 Å². The minimum atomic E-state index is 0.420. The first-order valence-electron chi connectivity index (χ1n) is 6.09. The molecule has 88 valence electrons. The Balaban J connectivity index is 1.97. The van der Waals surface area contributed by atoms with Gasteiger partial charge >= 0.3 is 0 Å². The van der Waals surface area contributed by atoms with E-state index in [9.17, 15) is 0 Å². The Bertz CT molecular complexity index is 340. The minimum Gasteiger partial charge on any atom is -0.381 e. The van der Waals surface area contributed by atoms with Crippen molar-refractivity contribution in [1.29, 1.82) is 0 Å². The molecule has 0 radical (unpaired) electrons. The number of rotatable bonds is 3. The summed E-state index contributed by atoms with van der Waals surface area (Å²) in [5.41, 5.74) is 2.23. The summed E-state index contributed by atoms with van der Waals surface area (Å²) in [5.74, 6) is 0. The van der Waals surface area contributed by atoms with Gasteiger partial charge in [0.25, 0.3) is 0 Å². The number of pyridine rings is 1. The Morgan fingerprint density at radius 1 is 1.56 bits per heavy atom. The van der Waals surface area contributed by atoms with Crippen LogP contribution in [0.4, 0.5) is 5.69 Å². The molecule has 1 aromatic rings. The maximum Gasteiger partial charge on any atom is 0.0603 e. The van der Waals surface area contributed by atoms with Crippen molar-refractivity contribution in [2.24, 2.45) is 0 Å². The van der Waals surface area contributed by atoms with Gasteiger partial charge in [0.2, 0.25) is 0 Å². The molecule has 2 atom stereocenters. The first kappa shape index (κ1) is 11.4. The summed E-state index contributed by atoms with van der Waals surface area (Å²) in [4.78, 5) is 4.29. The van der Waals surface area contributed by atoms with E-state index in [0.717, 1.165) is 37.3 Å². The molecule has 0 amide bonds. The predicted octanol–water partition coefficient (Wildman–Crippen LogP) is 2.76. The van der Waals surface area contributed by atoms with Crippen molar-refractivity contribution in [3.8, 4) is 0 Å². The molecule has 0 saturated carbocycles. The van der Waals surface area contributed by atoms with Crippen molar-refractivity contribution in [2.45, 2.75) is 45.3 Å². The number of nitrogens with one attached hydrogen (secondary N) is 1. The highest BCUT2D eigenvalue weighted by molar-refractivity contribution is 5.47. The van der Waals surface area contributed by atoms with Crippen LogP contribution in [0.2, 0.25) is 0 Å². The Morgan fingerprint density at radius 3 is 3.19 bits per heavy atom. The molecular formula is C13H20N2O. The molecular weight excluding hydrogens is 200 g/mol. The monoisotopic (exact) mass is 220 g/mol. The summed E-state index contributed by atoms with van der Waals surface area (Å²) >= 11 is 0. The molecule has 2 rings (SSSR count). The molecule has 16 heavy (non-hydrogen) atoms. The molecule has 3 nitrogen and oxygen atoms in total. The van der Waals surface area contributed by atoms with E-state index in [1.165, 1.54) is 0 Å². The van der Waals surface area contributed by atoms with Crippen LogP contribution in [0.25, 0.3) is 0 Å². The highest BCUT2D eigenvalue weighted by Crippen LogP contribution is 2.21. The second-order valence-corrected chi connectivity index (χ2v) is 4.40. The van der Waals surface area contributed by atoms with Crippen molar-refractivity contribution in [1.82, 2.24) is 4.98 Å². The fourth-order valence-electron chi connectivity index (χ4n) is 2.15. The maximum atomic E-state index is 5.67. The van der Waals surface area contributed by atoms with Gasteiger partial charge in [-0.05, 0) is 38.3 Å². The standard InChI is InChI=1S/C13H20N2O/c1-3-12-9-11(6-8-16-12)15-13-5-4-7-14-10(13)2/h4-5,7,11-12,15H,3,6,8-9H2,1-2H3. The van der Waals surface area contributed by atoms with Crippen molar-refractivity contribution in [2.75, 3.05) is 11.9 Å². The highest BCUT2D eigenvalue weighted by atomic mass is 16.5. The van der Waals surface area contributed by atoms with Gasteiger partial charge in [0.05, 0.1) is 17.5 Å². The van der Waals surface area contributed by atoms with Crippen LogP contribution in [-0.4, -0.2) is 23.7 Å². The summed E-state index contributed by atoms with van der Waals surface area (Å²) in [6.45, 7) is 5.09. The smallest absolute Gasteiger partial charge is 0.0603 e. The summed E-state index contributed by atoms with van der Waals surface area (Å²) in [6, 6.07) is 4.60. The predicted molar refractivity (Wildman–Crippen MR) is 65.6 cm³/mol. The van der Waals surface area contributed by atoms with E-state index in [0.29, 0.717) is 12.1 Å². The number of ether oxygens (including phenoxy) is 1. The number of anilines is 1. The van der Waals surface area contributed by atoms with Gasteiger partial charge in [0, 0.05) is 18.8 Å². The zero-order chi connectivity index (χ0) is 11.4. The molecule has 1 aliphatic heterocycles. The Labute approximate surface area is 97.2 Å². The first-order chi connectivity index (χ1) is 7.79. The van der Waals surface area contributed by atoms with Gasteiger partial charge in [0.1, 0.15) is 0 Å². The van der Waals surface area contributed by atoms with Gasteiger partial charge < -0.3 is 10.1 Å².